The van der Waals surface area contributed by atoms with Crippen LogP contribution >= 0.6 is 0 Å². The molecule has 0 aromatic carbocycles. The lowest BCUT2D eigenvalue weighted by atomic mass is 9.75. The van der Waals surface area contributed by atoms with Gasteiger partial charge < -0.3 is 15.1 Å². The zero-order valence-electron chi connectivity index (χ0n) is 15.1. The second-order valence-corrected chi connectivity index (χ2v) is 8.11. The van der Waals surface area contributed by atoms with Gasteiger partial charge in [-0.1, -0.05) is 26.2 Å². The molecule has 1 aliphatic carbocycles. The zero-order chi connectivity index (χ0) is 16.9. The molecular formula is C19H33N3O2. The number of carbonyl (C=O) groups is 2. The van der Waals surface area contributed by atoms with Crippen LogP contribution in [0.5, 0.6) is 0 Å². The highest BCUT2D eigenvalue weighted by atomic mass is 16.2. The number of urea groups is 1. The highest BCUT2D eigenvalue weighted by Gasteiger charge is 2.32. The van der Waals surface area contributed by atoms with Crippen LogP contribution in [0, 0.1) is 17.8 Å². The molecule has 2 aliphatic heterocycles. The highest BCUT2D eigenvalue weighted by Crippen LogP contribution is 2.35. The molecule has 3 rings (SSSR count). The lowest BCUT2D eigenvalue weighted by Crippen LogP contribution is -2.49. The molecule has 0 spiro atoms. The molecule has 0 aromatic heterocycles. The fourth-order valence-electron chi connectivity index (χ4n) is 4.75. The third-order valence-electron chi connectivity index (χ3n) is 6.20. The van der Waals surface area contributed by atoms with E-state index in [0.29, 0.717) is 24.8 Å². The van der Waals surface area contributed by atoms with Crippen LogP contribution in [0.2, 0.25) is 0 Å². The first-order valence-corrected chi connectivity index (χ1v) is 9.94. The molecule has 5 nitrogen and oxygen atoms in total. The van der Waals surface area contributed by atoms with Crippen molar-refractivity contribution in [1.29, 1.82) is 0 Å². The number of carbonyl (C=O) groups excluding carboxylic acids is 2. The Kier molecular flexibility index (Phi) is 6.01. The number of piperidine rings is 2. The summed E-state index contributed by atoms with van der Waals surface area (Å²) < 4.78 is 0. The van der Waals surface area contributed by atoms with Gasteiger partial charge >= 0.3 is 6.03 Å². The number of fused-ring (bicyclic) bond motifs is 1. The molecule has 2 heterocycles. The highest BCUT2D eigenvalue weighted by molar-refractivity contribution is 5.78. The zero-order valence-corrected chi connectivity index (χ0v) is 15.1. The monoisotopic (exact) mass is 335 g/mol. The van der Waals surface area contributed by atoms with Crippen molar-refractivity contribution in [2.45, 2.75) is 58.3 Å². The van der Waals surface area contributed by atoms with Gasteiger partial charge in [0.25, 0.3) is 0 Å². The summed E-state index contributed by atoms with van der Waals surface area (Å²) in [5.41, 5.74) is 0. The van der Waals surface area contributed by atoms with E-state index in [1.54, 1.807) is 0 Å². The molecule has 3 fully saturated rings. The Morgan fingerprint density at radius 3 is 2.50 bits per heavy atom. The molecule has 3 unspecified atom stereocenters. The predicted octanol–water partition coefficient (Wildman–Crippen LogP) is 2.86. The molecule has 0 bridgehead atoms. The van der Waals surface area contributed by atoms with Crippen LogP contribution in [0.25, 0.3) is 0 Å². The van der Waals surface area contributed by atoms with Gasteiger partial charge in [-0.25, -0.2) is 4.79 Å². The molecule has 136 valence electrons. The Bertz CT molecular complexity index is 454. The van der Waals surface area contributed by atoms with E-state index in [1.165, 1.54) is 32.1 Å². The minimum atomic E-state index is 0.0267. The number of nitrogens with one attached hydrogen (secondary N) is 1. The second kappa shape index (κ2) is 8.21. The van der Waals surface area contributed by atoms with Crippen LogP contribution in [0.1, 0.15) is 58.3 Å². The predicted molar refractivity (Wildman–Crippen MR) is 94.6 cm³/mol. The van der Waals surface area contributed by atoms with E-state index in [9.17, 15) is 9.59 Å². The summed E-state index contributed by atoms with van der Waals surface area (Å²) in [5.74, 6) is 2.34. The first-order valence-electron chi connectivity index (χ1n) is 9.94. The van der Waals surface area contributed by atoms with Crippen molar-refractivity contribution < 1.29 is 9.59 Å². The Morgan fingerprint density at radius 1 is 0.917 bits per heavy atom. The maximum absolute atomic E-state index is 12.4. The molecule has 1 N–H and O–H groups in total. The molecule has 0 radical (unpaired) electrons. The molecule has 5 heteroatoms. The van der Waals surface area contributed by atoms with Crippen molar-refractivity contribution in [3.05, 3.63) is 0 Å². The van der Waals surface area contributed by atoms with E-state index in [-0.39, 0.29) is 11.9 Å². The molecule has 3 atom stereocenters. The van der Waals surface area contributed by atoms with Gasteiger partial charge in [0, 0.05) is 39.1 Å². The third kappa shape index (κ3) is 4.42. The minimum absolute atomic E-state index is 0.0267. The van der Waals surface area contributed by atoms with Gasteiger partial charge in [-0.3, -0.25) is 4.79 Å². The van der Waals surface area contributed by atoms with Crippen LogP contribution in [-0.4, -0.2) is 54.5 Å². The number of likely N-dealkylation sites (tertiary alicyclic amines) is 2. The Morgan fingerprint density at radius 2 is 1.71 bits per heavy atom. The van der Waals surface area contributed by atoms with Gasteiger partial charge in [-0.2, -0.15) is 0 Å². The van der Waals surface area contributed by atoms with Crippen molar-refractivity contribution in [3.63, 3.8) is 0 Å². The van der Waals surface area contributed by atoms with Crippen molar-refractivity contribution in [3.8, 4) is 0 Å². The largest absolute Gasteiger partial charge is 0.342 e. The SMILES string of the molecule is CC1CCCN(C(=O)CCNC(=O)N2CCC3CCCCC3C2)C1. The summed E-state index contributed by atoms with van der Waals surface area (Å²) in [6.45, 7) is 6.22. The van der Waals surface area contributed by atoms with Crippen LogP contribution in [0.4, 0.5) is 4.79 Å². The Balaban J connectivity index is 1.37. The van der Waals surface area contributed by atoms with Gasteiger partial charge in [0.15, 0.2) is 0 Å². The van der Waals surface area contributed by atoms with E-state index in [1.807, 2.05) is 9.80 Å². The lowest BCUT2D eigenvalue weighted by molar-refractivity contribution is -0.132. The van der Waals surface area contributed by atoms with Gasteiger partial charge in [-0.05, 0) is 43.4 Å². The average Bonchev–Trinajstić information content (AvgIpc) is 2.61. The summed E-state index contributed by atoms with van der Waals surface area (Å²) in [5, 5.41) is 2.97. The molecule has 2 saturated heterocycles. The normalized spacial score (nSPS) is 30.6. The fraction of sp³-hybridized carbons (Fsp3) is 0.895. The van der Waals surface area contributed by atoms with Crippen LogP contribution in [0.3, 0.4) is 0 Å². The first-order chi connectivity index (χ1) is 11.6. The van der Waals surface area contributed by atoms with Gasteiger partial charge in [0.2, 0.25) is 5.91 Å². The van der Waals surface area contributed by atoms with Crippen LogP contribution in [0.15, 0.2) is 0 Å². The number of nitrogens with zero attached hydrogens (tertiary/aromatic N) is 2. The van der Waals surface area contributed by atoms with Crippen LogP contribution < -0.4 is 5.32 Å². The van der Waals surface area contributed by atoms with Gasteiger partial charge in [-0.15, -0.1) is 0 Å². The second-order valence-electron chi connectivity index (χ2n) is 8.11. The molecular weight excluding hydrogens is 302 g/mol. The Hall–Kier alpha value is -1.26. The average molecular weight is 335 g/mol. The molecule has 3 aliphatic rings. The van der Waals surface area contributed by atoms with Crippen molar-refractivity contribution in [2.75, 3.05) is 32.7 Å². The standard InChI is InChI=1S/C19H33N3O2/c1-15-5-4-11-21(13-15)18(23)8-10-20-19(24)22-12-9-16-6-2-3-7-17(16)14-22/h15-17H,2-14H2,1H3,(H,20,24). The number of amides is 3. The molecule has 24 heavy (non-hydrogen) atoms. The summed E-state index contributed by atoms with van der Waals surface area (Å²) in [7, 11) is 0. The lowest BCUT2D eigenvalue weighted by Gasteiger charge is -2.41. The number of hydrogen-bond donors (Lipinski definition) is 1. The summed E-state index contributed by atoms with van der Waals surface area (Å²) in [4.78, 5) is 28.6. The summed E-state index contributed by atoms with van der Waals surface area (Å²) >= 11 is 0. The smallest absolute Gasteiger partial charge is 0.317 e. The van der Waals surface area contributed by atoms with Crippen molar-refractivity contribution in [1.82, 2.24) is 15.1 Å². The van der Waals surface area contributed by atoms with E-state index in [0.717, 1.165) is 44.9 Å². The van der Waals surface area contributed by atoms with Crippen molar-refractivity contribution >= 4 is 11.9 Å². The third-order valence-corrected chi connectivity index (χ3v) is 6.20. The van der Waals surface area contributed by atoms with Gasteiger partial charge in [0.1, 0.15) is 0 Å². The van der Waals surface area contributed by atoms with E-state index < -0.39 is 0 Å². The number of hydrogen-bond acceptors (Lipinski definition) is 2. The van der Waals surface area contributed by atoms with Crippen molar-refractivity contribution in [2.24, 2.45) is 17.8 Å². The summed E-state index contributed by atoms with van der Waals surface area (Å²) in [6, 6.07) is 0.0267. The maximum atomic E-state index is 12.4. The molecule has 0 aromatic rings. The van der Waals surface area contributed by atoms with Gasteiger partial charge in [0.05, 0.1) is 0 Å². The summed E-state index contributed by atoms with van der Waals surface area (Å²) in [6.07, 6.45) is 9.22. The quantitative estimate of drug-likeness (QED) is 0.862. The fourth-order valence-corrected chi connectivity index (χ4v) is 4.75. The van der Waals surface area contributed by atoms with E-state index in [4.69, 9.17) is 0 Å². The maximum Gasteiger partial charge on any atom is 0.317 e. The topological polar surface area (TPSA) is 52.7 Å². The molecule has 1 saturated carbocycles. The number of rotatable bonds is 3. The Labute approximate surface area is 146 Å². The minimum Gasteiger partial charge on any atom is -0.342 e. The van der Waals surface area contributed by atoms with Crippen LogP contribution in [-0.2, 0) is 4.79 Å². The van der Waals surface area contributed by atoms with E-state index >= 15 is 0 Å². The van der Waals surface area contributed by atoms with E-state index in [2.05, 4.69) is 12.2 Å². The molecule has 3 amide bonds. The first kappa shape index (κ1) is 17.6.